The van der Waals surface area contributed by atoms with Crippen LogP contribution in [0.3, 0.4) is 0 Å². The highest BCUT2D eigenvalue weighted by Gasteiger charge is 2.11. The first-order chi connectivity index (χ1) is 13.5. The first-order valence-corrected chi connectivity index (χ1v) is 9.29. The molecule has 4 rings (SSSR count). The maximum absolute atomic E-state index is 12.0. The summed E-state index contributed by atoms with van der Waals surface area (Å²) in [4.78, 5) is 13.6. The van der Waals surface area contributed by atoms with Crippen LogP contribution in [0.1, 0.15) is 36.5 Å². The minimum Gasteiger partial charge on any atom is -0.423 e. The minimum atomic E-state index is -0.332. The Kier molecular flexibility index (Phi) is 4.69. The number of anilines is 1. The molecule has 0 bridgehead atoms. The number of aromatic nitrogens is 3. The molecule has 4 aromatic rings. The molecule has 0 radical (unpaired) electrons. The van der Waals surface area contributed by atoms with Crippen LogP contribution >= 0.6 is 0 Å². The van der Waals surface area contributed by atoms with E-state index in [4.69, 9.17) is 4.42 Å². The van der Waals surface area contributed by atoms with Gasteiger partial charge in [0, 0.05) is 23.7 Å². The molecule has 2 aromatic heterocycles. The number of rotatable bonds is 5. The average Bonchev–Trinajstić information content (AvgIpc) is 3.20. The highest BCUT2D eigenvalue weighted by atomic mass is 16.4. The summed E-state index contributed by atoms with van der Waals surface area (Å²) < 4.78 is 5.43. The molecule has 0 saturated carbocycles. The summed E-state index contributed by atoms with van der Waals surface area (Å²) in [6.07, 6.45) is 3.29. The van der Waals surface area contributed by atoms with Gasteiger partial charge in [-0.1, -0.05) is 13.8 Å². The second-order valence-electron chi connectivity index (χ2n) is 7.17. The van der Waals surface area contributed by atoms with Gasteiger partial charge in [0.2, 0.25) is 0 Å². The lowest BCUT2D eigenvalue weighted by Crippen LogP contribution is -2.07. The molecule has 0 aliphatic heterocycles. The highest BCUT2D eigenvalue weighted by Crippen LogP contribution is 2.27. The van der Waals surface area contributed by atoms with Crippen LogP contribution in [0.5, 0.6) is 0 Å². The normalized spacial score (nSPS) is 11.3. The third-order valence-electron chi connectivity index (χ3n) is 4.84. The largest absolute Gasteiger partial charge is 0.423 e. The van der Waals surface area contributed by atoms with E-state index in [9.17, 15) is 4.79 Å². The lowest BCUT2D eigenvalue weighted by molar-refractivity contribution is 0.558. The van der Waals surface area contributed by atoms with Crippen LogP contribution in [0, 0.1) is 6.92 Å². The third-order valence-corrected chi connectivity index (χ3v) is 4.84. The number of aryl methyl sites for hydroxylation is 1. The first-order valence-electron chi connectivity index (χ1n) is 9.29. The van der Waals surface area contributed by atoms with Crippen molar-refractivity contribution in [1.82, 2.24) is 15.0 Å². The van der Waals surface area contributed by atoms with Gasteiger partial charge in [-0.15, -0.1) is 0 Å². The quantitative estimate of drug-likeness (QED) is 0.524. The number of nitrogens with zero attached hydrogens (tertiary/aromatic N) is 3. The van der Waals surface area contributed by atoms with E-state index < -0.39 is 0 Å². The molecule has 28 heavy (non-hydrogen) atoms. The number of hydrogen-bond donors (Lipinski definition) is 1. The van der Waals surface area contributed by atoms with Gasteiger partial charge < -0.3 is 9.73 Å². The first kappa shape index (κ1) is 18.0. The Morgan fingerprint density at radius 3 is 2.46 bits per heavy atom. The third kappa shape index (κ3) is 3.53. The van der Waals surface area contributed by atoms with E-state index >= 15 is 0 Å². The summed E-state index contributed by atoms with van der Waals surface area (Å²) >= 11 is 0. The van der Waals surface area contributed by atoms with Crippen molar-refractivity contribution in [3.63, 3.8) is 0 Å². The molecule has 0 spiro atoms. The van der Waals surface area contributed by atoms with Crippen molar-refractivity contribution >= 4 is 16.7 Å². The second-order valence-corrected chi connectivity index (χ2v) is 7.17. The lowest BCUT2D eigenvalue weighted by atomic mass is 9.95. The van der Waals surface area contributed by atoms with Crippen molar-refractivity contribution in [2.75, 3.05) is 5.32 Å². The summed E-state index contributed by atoms with van der Waals surface area (Å²) in [6, 6.07) is 13.5. The molecule has 0 saturated heterocycles. The van der Waals surface area contributed by atoms with Gasteiger partial charge in [-0.2, -0.15) is 15.0 Å². The number of nitrogens with one attached hydrogen (secondary N) is 1. The van der Waals surface area contributed by atoms with Gasteiger partial charge in [-0.05, 0) is 65.9 Å². The fourth-order valence-electron chi connectivity index (χ4n) is 3.42. The molecule has 2 aromatic carbocycles. The van der Waals surface area contributed by atoms with Gasteiger partial charge >= 0.3 is 5.63 Å². The SMILES string of the molecule is Cc1cc2oc(=O)cc(CNc3ccc(-n4nccn4)cc3)c2cc1C(C)C. The molecule has 0 fully saturated rings. The van der Waals surface area contributed by atoms with E-state index in [1.165, 1.54) is 5.56 Å². The van der Waals surface area contributed by atoms with Crippen molar-refractivity contribution in [2.24, 2.45) is 0 Å². The molecule has 142 valence electrons. The Morgan fingerprint density at radius 2 is 1.79 bits per heavy atom. The topological polar surface area (TPSA) is 73.0 Å². The zero-order valence-electron chi connectivity index (χ0n) is 16.1. The highest BCUT2D eigenvalue weighted by molar-refractivity contribution is 5.82. The Labute approximate surface area is 162 Å². The fraction of sp³-hybridized carbons (Fsp3) is 0.227. The van der Waals surface area contributed by atoms with Crippen LogP contribution in [0.15, 0.2) is 64.1 Å². The Balaban J connectivity index is 1.62. The summed E-state index contributed by atoms with van der Waals surface area (Å²) in [5.74, 6) is 0.403. The van der Waals surface area contributed by atoms with Crippen LogP contribution in [-0.4, -0.2) is 15.0 Å². The van der Waals surface area contributed by atoms with Crippen molar-refractivity contribution in [1.29, 1.82) is 0 Å². The van der Waals surface area contributed by atoms with Gasteiger partial charge in [0.1, 0.15) is 5.58 Å². The summed E-state index contributed by atoms with van der Waals surface area (Å²) in [5.41, 5.74) is 5.46. The van der Waals surface area contributed by atoms with E-state index in [0.717, 1.165) is 27.9 Å². The van der Waals surface area contributed by atoms with Crippen LogP contribution in [-0.2, 0) is 6.54 Å². The maximum atomic E-state index is 12.0. The Hall–Kier alpha value is -3.41. The van der Waals surface area contributed by atoms with Gasteiger partial charge in [0.15, 0.2) is 0 Å². The van der Waals surface area contributed by atoms with Gasteiger partial charge in [-0.3, -0.25) is 0 Å². The standard InChI is InChI=1S/C22H22N4O2/c1-14(2)19-12-20-16(11-22(27)28-21(20)10-15(19)3)13-23-17-4-6-18(7-5-17)26-24-8-9-25-26/h4-12,14,23H,13H2,1-3H3. The van der Waals surface area contributed by atoms with Crippen LogP contribution in [0.25, 0.3) is 16.7 Å². The molecule has 2 heterocycles. The van der Waals surface area contributed by atoms with Crippen LogP contribution in [0.2, 0.25) is 0 Å². The molecule has 0 atom stereocenters. The predicted molar refractivity (Wildman–Crippen MR) is 110 cm³/mol. The minimum absolute atomic E-state index is 0.332. The summed E-state index contributed by atoms with van der Waals surface area (Å²) in [7, 11) is 0. The van der Waals surface area contributed by atoms with E-state index in [0.29, 0.717) is 18.0 Å². The molecular weight excluding hydrogens is 352 g/mol. The molecule has 0 aliphatic carbocycles. The monoisotopic (exact) mass is 374 g/mol. The molecule has 0 aliphatic rings. The molecular formula is C22H22N4O2. The maximum Gasteiger partial charge on any atom is 0.336 e. The number of hydrogen-bond acceptors (Lipinski definition) is 5. The van der Waals surface area contributed by atoms with Gasteiger partial charge in [-0.25, -0.2) is 4.79 Å². The van der Waals surface area contributed by atoms with Crippen molar-refractivity contribution in [3.05, 3.63) is 82.0 Å². The van der Waals surface area contributed by atoms with E-state index in [1.807, 2.05) is 30.3 Å². The number of fused-ring (bicyclic) bond motifs is 1. The number of benzene rings is 2. The molecule has 0 unspecified atom stereocenters. The van der Waals surface area contributed by atoms with Crippen LogP contribution < -0.4 is 10.9 Å². The average molecular weight is 374 g/mol. The lowest BCUT2D eigenvalue weighted by Gasteiger charge is -2.14. The molecule has 1 N–H and O–H groups in total. The zero-order chi connectivity index (χ0) is 19.7. The van der Waals surface area contributed by atoms with Crippen molar-refractivity contribution in [3.8, 4) is 5.69 Å². The fourth-order valence-corrected chi connectivity index (χ4v) is 3.42. The summed E-state index contributed by atoms with van der Waals surface area (Å²) in [6.45, 7) is 6.92. The Morgan fingerprint density at radius 1 is 1.07 bits per heavy atom. The predicted octanol–water partition coefficient (Wildman–Crippen LogP) is 4.42. The van der Waals surface area contributed by atoms with E-state index in [-0.39, 0.29) is 5.63 Å². The van der Waals surface area contributed by atoms with Gasteiger partial charge in [0.05, 0.1) is 18.1 Å². The second kappa shape index (κ2) is 7.31. The van der Waals surface area contributed by atoms with Gasteiger partial charge in [0.25, 0.3) is 0 Å². The summed E-state index contributed by atoms with van der Waals surface area (Å²) in [5, 5.41) is 12.6. The zero-order valence-corrected chi connectivity index (χ0v) is 16.1. The Bertz CT molecular complexity index is 1160. The smallest absolute Gasteiger partial charge is 0.336 e. The van der Waals surface area contributed by atoms with Crippen LogP contribution in [0.4, 0.5) is 5.69 Å². The van der Waals surface area contributed by atoms with Crippen molar-refractivity contribution < 1.29 is 4.42 Å². The van der Waals surface area contributed by atoms with E-state index in [2.05, 4.69) is 42.4 Å². The van der Waals surface area contributed by atoms with E-state index in [1.54, 1.807) is 23.3 Å². The molecule has 6 heteroatoms. The molecule has 6 nitrogen and oxygen atoms in total. The van der Waals surface area contributed by atoms with Crippen molar-refractivity contribution in [2.45, 2.75) is 33.2 Å². The molecule has 0 amide bonds.